The summed E-state index contributed by atoms with van der Waals surface area (Å²) in [6, 6.07) is 18.5. The second-order valence-electron chi connectivity index (χ2n) is 6.50. The van der Waals surface area contributed by atoms with Gasteiger partial charge in [-0.15, -0.1) is 11.8 Å². The molecule has 0 radical (unpaired) electrons. The standard InChI is InChI=1S/C20H23ClN2OS/c21-17-8-6-16(7-9-17)14-23-12-10-18(11-13-23)22-20(24)15-25-19-4-2-1-3-5-19/h1-9,18H,10-15H2,(H,22,24)/p+1. The molecule has 0 bridgehead atoms. The van der Waals surface area contributed by atoms with Gasteiger partial charge in [-0.05, 0) is 24.3 Å². The third-order valence-corrected chi connectivity index (χ3v) is 5.80. The molecule has 0 aromatic heterocycles. The van der Waals surface area contributed by atoms with Crippen molar-refractivity contribution in [2.45, 2.75) is 30.3 Å². The Hall–Kier alpha value is -1.49. The van der Waals surface area contributed by atoms with Crippen LogP contribution in [0.4, 0.5) is 0 Å². The number of thioether (sulfide) groups is 1. The van der Waals surface area contributed by atoms with E-state index in [-0.39, 0.29) is 5.91 Å². The monoisotopic (exact) mass is 375 g/mol. The van der Waals surface area contributed by atoms with Crippen LogP contribution in [0.5, 0.6) is 0 Å². The van der Waals surface area contributed by atoms with Crippen molar-refractivity contribution in [1.82, 2.24) is 5.32 Å². The van der Waals surface area contributed by atoms with Crippen molar-refractivity contribution in [3.8, 4) is 0 Å². The summed E-state index contributed by atoms with van der Waals surface area (Å²) in [6.07, 6.45) is 2.09. The first-order valence-corrected chi connectivity index (χ1v) is 10.1. The number of quaternary nitrogens is 1. The van der Waals surface area contributed by atoms with Gasteiger partial charge in [0.2, 0.25) is 5.91 Å². The maximum Gasteiger partial charge on any atom is 0.230 e. The third kappa shape index (κ3) is 6.07. The number of likely N-dealkylation sites (tertiary alicyclic amines) is 1. The predicted molar refractivity (Wildman–Crippen MR) is 104 cm³/mol. The number of benzene rings is 2. The van der Waals surface area contributed by atoms with E-state index in [1.54, 1.807) is 16.7 Å². The second kappa shape index (κ2) is 9.27. The van der Waals surface area contributed by atoms with Gasteiger partial charge in [0.15, 0.2) is 0 Å². The first-order chi connectivity index (χ1) is 12.2. The van der Waals surface area contributed by atoms with Crippen molar-refractivity contribution in [1.29, 1.82) is 0 Å². The number of rotatable bonds is 6. The summed E-state index contributed by atoms with van der Waals surface area (Å²) in [4.78, 5) is 14.9. The minimum absolute atomic E-state index is 0.139. The first kappa shape index (κ1) is 18.3. The Bertz CT molecular complexity index is 670. The zero-order valence-electron chi connectivity index (χ0n) is 14.2. The largest absolute Gasteiger partial charge is 0.352 e. The summed E-state index contributed by atoms with van der Waals surface area (Å²) < 4.78 is 0. The van der Waals surface area contributed by atoms with E-state index in [0.29, 0.717) is 11.8 Å². The van der Waals surface area contributed by atoms with Gasteiger partial charge in [0.05, 0.1) is 18.8 Å². The van der Waals surface area contributed by atoms with Crippen LogP contribution in [0.2, 0.25) is 5.02 Å². The Labute approximate surface area is 158 Å². The fourth-order valence-electron chi connectivity index (χ4n) is 3.17. The average Bonchev–Trinajstić information content (AvgIpc) is 2.64. The van der Waals surface area contributed by atoms with E-state index in [4.69, 9.17) is 11.6 Å². The molecule has 1 heterocycles. The summed E-state index contributed by atoms with van der Waals surface area (Å²) in [7, 11) is 0. The molecule has 0 aliphatic carbocycles. The molecule has 3 nitrogen and oxygen atoms in total. The second-order valence-corrected chi connectivity index (χ2v) is 7.98. The smallest absolute Gasteiger partial charge is 0.230 e. The van der Waals surface area contributed by atoms with Crippen LogP contribution in [0.25, 0.3) is 0 Å². The fraction of sp³-hybridized carbons (Fsp3) is 0.350. The molecule has 1 aliphatic heterocycles. The Morgan fingerprint density at radius 1 is 1.08 bits per heavy atom. The van der Waals surface area contributed by atoms with E-state index in [9.17, 15) is 4.79 Å². The molecule has 25 heavy (non-hydrogen) atoms. The lowest BCUT2D eigenvalue weighted by Gasteiger charge is -2.29. The summed E-state index contributed by atoms with van der Waals surface area (Å²) in [5, 5.41) is 3.98. The minimum Gasteiger partial charge on any atom is -0.352 e. The summed E-state index contributed by atoms with van der Waals surface area (Å²) >= 11 is 7.53. The van der Waals surface area contributed by atoms with E-state index in [2.05, 4.69) is 17.4 Å². The van der Waals surface area contributed by atoms with Gasteiger partial charge in [0, 0.05) is 34.4 Å². The number of hydrogen-bond acceptors (Lipinski definition) is 2. The Balaban J connectivity index is 1.37. The van der Waals surface area contributed by atoms with Gasteiger partial charge < -0.3 is 10.2 Å². The van der Waals surface area contributed by atoms with Crippen LogP contribution in [0.15, 0.2) is 59.5 Å². The molecule has 2 N–H and O–H groups in total. The number of nitrogens with one attached hydrogen (secondary N) is 2. The maximum absolute atomic E-state index is 12.1. The van der Waals surface area contributed by atoms with Crippen molar-refractivity contribution >= 4 is 29.3 Å². The third-order valence-electron chi connectivity index (χ3n) is 4.54. The normalized spacial score (nSPS) is 20.2. The number of carbonyl (C=O) groups excluding carboxylic acids is 1. The van der Waals surface area contributed by atoms with Crippen LogP contribution in [-0.4, -0.2) is 30.8 Å². The van der Waals surface area contributed by atoms with Gasteiger partial charge in [-0.3, -0.25) is 4.79 Å². The molecule has 2 aromatic rings. The Kier molecular flexibility index (Phi) is 6.79. The zero-order chi connectivity index (χ0) is 17.5. The van der Waals surface area contributed by atoms with Gasteiger partial charge in [-0.2, -0.15) is 0 Å². The molecular formula is C20H24ClN2OS+. The molecule has 1 fully saturated rings. The highest BCUT2D eigenvalue weighted by Crippen LogP contribution is 2.16. The zero-order valence-corrected chi connectivity index (χ0v) is 15.8. The van der Waals surface area contributed by atoms with Gasteiger partial charge >= 0.3 is 0 Å². The first-order valence-electron chi connectivity index (χ1n) is 8.74. The molecule has 2 aromatic carbocycles. The molecule has 0 unspecified atom stereocenters. The molecule has 0 spiro atoms. The molecular weight excluding hydrogens is 352 g/mol. The highest BCUT2D eigenvalue weighted by Gasteiger charge is 2.23. The SMILES string of the molecule is O=C(CSc1ccccc1)NC1CC[NH+](Cc2ccc(Cl)cc2)CC1. The van der Waals surface area contributed by atoms with Crippen LogP contribution in [0.3, 0.4) is 0 Å². The number of carbonyl (C=O) groups is 1. The topological polar surface area (TPSA) is 33.5 Å². The molecule has 0 saturated carbocycles. The lowest BCUT2D eigenvalue weighted by atomic mass is 10.0. The number of amides is 1. The van der Waals surface area contributed by atoms with E-state index in [1.165, 1.54) is 5.56 Å². The van der Waals surface area contributed by atoms with E-state index >= 15 is 0 Å². The van der Waals surface area contributed by atoms with Crippen LogP contribution in [-0.2, 0) is 11.3 Å². The lowest BCUT2D eigenvalue weighted by molar-refractivity contribution is -0.918. The molecule has 1 saturated heterocycles. The van der Waals surface area contributed by atoms with Crippen LogP contribution in [0.1, 0.15) is 18.4 Å². The average molecular weight is 376 g/mol. The quantitative estimate of drug-likeness (QED) is 0.761. The van der Waals surface area contributed by atoms with Gasteiger partial charge in [0.25, 0.3) is 0 Å². The van der Waals surface area contributed by atoms with E-state index in [0.717, 1.165) is 42.4 Å². The summed E-state index contributed by atoms with van der Waals surface area (Å²) in [6.45, 7) is 3.22. The molecule has 1 aliphatic rings. The Morgan fingerprint density at radius 2 is 1.76 bits per heavy atom. The van der Waals surface area contributed by atoms with Crippen molar-refractivity contribution in [2.75, 3.05) is 18.8 Å². The van der Waals surface area contributed by atoms with E-state index in [1.807, 2.05) is 42.5 Å². The highest BCUT2D eigenvalue weighted by atomic mass is 35.5. The number of halogens is 1. The van der Waals surface area contributed by atoms with Crippen LogP contribution >= 0.6 is 23.4 Å². The summed E-state index contributed by atoms with van der Waals surface area (Å²) in [5.74, 6) is 0.627. The van der Waals surface area contributed by atoms with Gasteiger partial charge in [-0.1, -0.05) is 41.9 Å². The van der Waals surface area contributed by atoms with Gasteiger partial charge in [0.1, 0.15) is 6.54 Å². The van der Waals surface area contributed by atoms with E-state index < -0.39 is 0 Å². The van der Waals surface area contributed by atoms with Gasteiger partial charge in [-0.25, -0.2) is 0 Å². The van der Waals surface area contributed by atoms with Crippen molar-refractivity contribution < 1.29 is 9.69 Å². The van der Waals surface area contributed by atoms with Crippen molar-refractivity contribution in [3.63, 3.8) is 0 Å². The minimum atomic E-state index is 0.139. The number of piperidine rings is 1. The fourth-order valence-corrected chi connectivity index (χ4v) is 4.03. The van der Waals surface area contributed by atoms with Crippen molar-refractivity contribution in [3.05, 3.63) is 65.2 Å². The highest BCUT2D eigenvalue weighted by molar-refractivity contribution is 8.00. The van der Waals surface area contributed by atoms with Crippen LogP contribution in [0, 0.1) is 0 Å². The lowest BCUT2D eigenvalue weighted by Crippen LogP contribution is -3.12. The molecule has 5 heteroatoms. The van der Waals surface area contributed by atoms with Crippen LogP contribution < -0.4 is 10.2 Å². The Morgan fingerprint density at radius 3 is 2.44 bits per heavy atom. The van der Waals surface area contributed by atoms with Crippen molar-refractivity contribution in [2.24, 2.45) is 0 Å². The number of hydrogen-bond donors (Lipinski definition) is 2. The molecule has 1 amide bonds. The maximum atomic E-state index is 12.1. The molecule has 3 rings (SSSR count). The molecule has 0 atom stereocenters. The predicted octanol–water partition coefficient (Wildman–Crippen LogP) is 2.80. The molecule has 132 valence electrons. The summed E-state index contributed by atoms with van der Waals surface area (Å²) in [5.41, 5.74) is 1.32.